The van der Waals surface area contributed by atoms with Crippen LogP contribution in [0.25, 0.3) is 44.8 Å². The van der Waals surface area contributed by atoms with Gasteiger partial charge in [0, 0.05) is 11.8 Å². The van der Waals surface area contributed by atoms with Crippen LogP contribution >= 0.6 is 0 Å². The summed E-state index contributed by atoms with van der Waals surface area (Å²) in [6.45, 7) is 0. The molecule has 39 heavy (non-hydrogen) atoms. The summed E-state index contributed by atoms with van der Waals surface area (Å²) in [4.78, 5) is 13.8. The fraction of sp³-hybridized carbons (Fsp3) is 0.194. The Morgan fingerprint density at radius 2 is 1.64 bits per heavy atom. The summed E-state index contributed by atoms with van der Waals surface area (Å²) in [5.41, 5.74) is 10.7. The monoisotopic (exact) mass is 506 g/mol. The predicted molar refractivity (Wildman–Crippen MR) is 155 cm³/mol. The van der Waals surface area contributed by atoms with Crippen LogP contribution in [0.15, 0.2) is 89.4 Å². The highest BCUT2D eigenvalue weighted by Gasteiger charge is 2.48. The molecule has 0 saturated heterocycles. The Kier molecular flexibility index (Phi) is 4.08. The van der Waals surface area contributed by atoms with Crippen LogP contribution in [0.3, 0.4) is 0 Å². The first-order chi connectivity index (χ1) is 19.2. The standard InChI is InChI=1S/C36H26O3/c1-38-29-17-21-16-20-8-10-25-24-9-7-19-15-18-5-3-4-6-22(18)23-11-12-26(33(24)30(19)23)27-13-14-28(31(20)34(25)27)32(21)35(37)36(29)39-2/h3-14,17,28,31-32H,15-16H2,1-2H3. The predicted octanol–water partition coefficient (Wildman–Crippen LogP) is 6.76. The maximum Gasteiger partial charge on any atom is 0.208 e. The molecule has 3 nitrogen and oxygen atoms in total. The van der Waals surface area contributed by atoms with Gasteiger partial charge in [0.2, 0.25) is 11.5 Å². The number of methoxy groups -OCH3 is 2. The van der Waals surface area contributed by atoms with Crippen molar-refractivity contribution in [1.82, 2.24) is 0 Å². The van der Waals surface area contributed by atoms with Crippen LogP contribution in [-0.2, 0) is 20.7 Å². The van der Waals surface area contributed by atoms with Crippen LogP contribution in [0.5, 0.6) is 0 Å². The van der Waals surface area contributed by atoms with Gasteiger partial charge in [-0.3, -0.25) is 4.79 Å². The molecule has 0 aromatic heterocycles. The number of carbonyl (C=O) groups excluding carboxylic acids is 1. The summed E-state index contributed by atoms with van der Waals surface area (Å²) in [6, 6.07) is 18.2. The molecular formula is C36H26O3. The van der Waals surface area contributed by atoms with Crippen LogP contribution < -0.4 is 5.22 Å². The Hall–Kier alpha value is -4.37. The Morgan fingerprint density at radius 3 is 2.51 bits per heavy atom. The molecule has 4 aromatic carbocycles. The number of carbonyl (C=O) groups is 1. The van der Waals surface area contributed by atoms with E-state index in [1.165, 1.54) is 65.7 Å². The molecule has 0 amide bonds. The highest BCUT2D eigenvalue weighted by atomic mass is 16.5. The summed E-state index contributed by atoms with van der Waals surface area (Å²) in [6.07, 6.45) is 13.1. The maximum absolute atomic E-state index is 13.8. The van der Waals surface area contributed by atoms with Crippen LogP contribution in [0, 0.1) is 11.8 Å². The zero-order valence-electron chi connectivity index (χ0n) is 21.9. The lowest BCUT2D eigenvalue weighted by molar-refractivity contribution is -0.123. The largest absolute Gasteiger partial charge is 0.493 e. The normalized spacial score (nSPS) is 23.5. The Bertz CT molecular complexity index is 2020. The molecule has 1 fully saturated rings. The zero-order valence-corrected chi connectivity index (χ0v) is 21.9. The fourth-order valence-corrected chi connectivity index (χ4v) is 8.30. The van der Waals surface area contributed by atoms with Crippen molar-refractivity contribution in [1.29, 1.82) is 0 Å². The third-order valence-corrected chi connectivity index (χ3v) is 9.80. The number of hydrogen-bond donors (Lipinski definition) is 0. The van der Waals surface area contributed by atoms with E-state index in [4.69, 9.17) is 9.47 Å². The molecular weight excluding hydrogens is 480 g/mol. The molecule has 3 unspecified atom stereocenters. The van der Waals surface area contributed by atoms with E-state index in [1.54, 1.807) is 14.2 Å². The van der Waals surface area contributed by atoms with Gasteiger partial charge in [-0.1, -0.05) is 84.0 Å². The fourth-order valence-electron chi connectivity index (χ4n) is 8.30. The van der Waals surface area contributed by atoms with E-state index in [1.807, 2.05) is 6.08 Å². The van der Waals surface area contributed by atoms with Crippen molar-refractivity contribution in [3.05, 3.63) is 117 Å². The van der Waals surface area contributed by atoms with Gasteiger partial charge < -0.3 is 9.47 Å². The van der Waals surface area contributed by atoms with Gasteiger partial charge in [0.25, 0.3) is 0 Å². The Balaban J connectivity index is 1.33. The maximum atomic E-state index is 13.8. The second kappa shape index (κ2) is 7.39. The van der Waals surface area contributed by atoms with Gasteiger partial charge in [-0.25, -0.2) is 0 Å². The van der Waals surface area contributed by atoms with Crippen LogP contribution in [0.4, 0.5) is 0 Å². The van der Waals surface area contributed by atoms with E-state index in [9.17, 15) is 4.79 Å². The lowest BCUT2D eigenvalue weighted by Crippen LogP contribution is -2.41. The summed E-state index contributed by atoms with van der Waals surface area (Å²) in [7, 11) is 3.16. The van der Waals surface area contributed by atoms with Crippen molar-refractivity contribution in [2.45, 2.75) is 18.8 Å². The van der Waals surface area contributed by atoms with Crippen LogP contribution in [0.1, 0.15) is 34.6 Å². The van der Waals surface area contributed by atoms with Crippen molar-refractivity contribution < 1.29 is 14.3 Å². The summed E-state index contributed by atoms with van der Waals surface area (Å²) in [5, 5.41) is 6.75. The zero-order chi connectivity index (χ0) is 26.0. The average molecular weight is 507 g/mol. The SMILES string of the molecule is COC1=C(OC)C(=O)C2C(=C1)CC1=CC=c3c4c(c5ccc6c7c(ccc3c57)Cc3ccccc3-6)C=CC2C14. The van der Waals surface area contributed by atoms with Crippen LogP contribution in [0.2, 0.25) is 0 Å². The smallest absolute Gasteiger partial charge is 0.208 e. The lowest BCUT2D eigenvalue weighted by Gasteiger charge is -2.45. The molecule has 9 rings (SSSR count). The lowest BCUT2D eigenvalue weighted by atomic mass is 9.58. The first-order valence-electron chi connectivity index (χ1n) is 13.8. The van der Waals surface area contributed by atoms with Gasteiger partial charge in [-0.2, -0.15) is 0 Å². The van der Waals surface area contributed by atoms with E-state index in [2.05, 4.69) is 72.8 Å². The summed E-state index contributed by atoms with van der Waals surface area (Å²) >= 11 is 0. The number of ether oxygens (including phenoxy) is 2. The number of rotatable bonds is 2. The second-order valence-electron chi connectivity index (χ2n) is 11.4. The molecule has 4 aromatic rings. The van der Waals surface area contributed by atoms with Crippen LogP contribution in [-0.4, -0.2) is 20.0 Å². The molecule has 0 bridgehead atoms. The topological polar surface area (TPSA) is 35.5 Å². The highest BCUT2D eigenvalue weighted by molar-refractivity contribution is 6.20. The third kappa shape index (κ3) is 2.56. The summed E-state index contributed by atoms with van der Waals surface area (Å²) < 4.78 is 11.1. The first-order valence-corrected chi connectivity index (χ1v) is 13.8. The van der Waals surface area contributed by atoms with Gasteiger partial charge in [0.15, 0.2) is 5.76 Å². The third-order valence-electron chi connectivity index (χ3n) is 9.80. The van der Waals surface area contributed by atoms with Crippen molar-refractivity contribution >= 4 is 39.5 Å². The Labute approximate surface area is 226 Å². The van der Waals surface area contributed by atoms with Gasteiger partial charge in [0.1, 0.15) is 0 Å². The van der Waals surface area contributed by atoms with Crippen molar-refractivity contribution in [3.8, 4) is 11.1 Å². The minimum absolute atomic E-state index is 0.0362. The molecule has 188 valence electrons. The number of allylic oxidation sites excluding steroid dienone is 6. The van der Waals surface area contributed by atoms with Crippen molar-refractivity contribution in [3.63, 3.8) is 0 Å². The highest BCUT2D eigenvalue weighted by Crippen LogP contribution is 2.55. The molecule has 3 heteroatoms. The minimum Gasteiger partial charge on any atom is -0.493 e. The van der Waals surface area contributed by atoms with E-state index >= 15 is 0 Å². The van der Waals surface area contributed by atoms with E-state index < -0.39 is 0 Å². The molecule has 0 N–H and O–H groups in total. The van der Waals surface area contributed by atoms with Crippen molar-refractivity contribution in [2.75, 3.05) is 14.2 Å². The number of fused-ring (bicyclic) bond motifs is 6. The number of hydrogen-bond acceptors (Lipinski definition) is 3. The van der Waals surface area contributed by atoms with Gasteiger partial charge in [-0.15, -0.1) is 0 Å². The van der Waals surface area contributed by atoms with Gasteiger partial charge in [0.05, 0.1) is 20.1 Å². The Morgan fingerprint density at radius 1 is 0.769 bits per heavy atom. The molecule has 0 aliphatic heterocycles. The molecule has 1 saturated carbocycles. The average Bonchev–Trinajstić information content (AvgIpc) is 2.98. The van der Waals surface area contributed by atoms with E-state index in [0.717, 1.165) is 18.4 Å². The molecule has 0 radical (unpaired) electrons. The van der Waals surface area contributed by atoms with E-state index in [0.29, 0.717) is 11.5 Å². The minimum atomic E-state index is -0.223. The quantitative estimate of drug-likeness (QED) is 0.265. The van der Waals surface area contributed by atoms with E-state index in [-0.39, 0.29) is 23.5 Å². The molecule has 5 aliphatic carbocycles. The summed E-state index contributed by atoms with van der Waals surface area (Å²) in [5.74, 6) is 0.943. The van der Waals surface area contributed by atoms with Gasteiger partial charge >= 0.3 is 0 Å². The molecule has 5 aliphatic rings. The molecule has 0 heterocycles. The second-order valence-corrected chi connectivity index (χ2v) is 11.4. The molecule has 0 spiro atoms. The number of benzene rings is 4. The first kappa shape index (κ1) is 21.6. The van der Waals surface area contributed by atoms with Crippen molar-refractivity contribution in [2.24, 2.45) is 11.8 Å². The number of Topliss-reactive ketones (excluding diaryl/α,β-unsaturated/α-hetero) is 1. The van der Waals surface area contributed by atoms with Gasteiger partial charge in [-0.05, 0) is 79.1 Å². The number of ketones is 1. The molecule has 3 atom stereocenters.